The Morgan fingerprint density at radius 2 is 1.07 bits per heavy atom. The van der Waals surface area contributed by atoms with Crippen molar-refractivity contribution in [3.63, 3.8) is 0 Å². The first-order valence-corrected chi connectivity index (χ1v) is 9.10. The molecule has 0 saturated carbocycles. The van der Waals surface area contributed by atoms with E-state index in [1.54, 1.807) is 38.5 Å². The van der Waals surface area contributed by atoms with Gasteiger partial charge in [-0.1, -0.05) is 66.8 Å². The van der Waals surface area contributed by atoms with Gasteiger partial charge in [-0.2, -0.15) is 0 Å². The summed E-state index contributed by atoms with van der Waals surface area (Å²) in [6.45, 7) is 0. The molecule has 146 valence electrons. The van der Waals surface area contributed by atoms with Gasteiger partial charge in [-0.3, -0.25) is 0 Å². The summed E-state index contributed by atoms with van der Waals surface area (Å²) in [5, 5.41) is 8.94. The number of carboxylic acids is 1. The van der Waals surface area contributed by atoms with Gasteiger partial charge in [0.2, 0.25) is 0 Å². The maximum Gasteiger partial charge on any atom is 0.335 e. The summed E-state index contributed by atoms with van der Waals surface area (Å²) in [5.41, 5.74) is 4.41. The van der Waals surface area contributed by atoms with Crippen LogP contribution in [-0.4, -0.2) is 25.3 Å². The first-order chi connectivity index (χ1) is 14.1. The van der Waals surface area contributed by atoms with E-state index >= 15 is 0 Å². The fraction of sp³-hybridized carbons (Fsp3) is 0.0800. The van der Waals surface area contributed by atoms with Gasteiger partial charge in [-0.15, -0.1) is 0 Å². The number of hydrogen-bond donors (Lipinski definition) is 1. The number of methoxy groups -OCH3 is 2. The smallest absolute Gasteiger partial charge is 0.335 e. The van der Waals surface area contributed by atoms with Crippen LogP contribution in [0.2, 0.25) is 0 Å². The molecule has 3 rings (SSSR count). The summed E-state index contributed by atoms with van der Waals surface area (Å²) >= 11 is 0. The number of benzene rings is 3. The maximum absolute atomic E-state index is 10.9. The molecule has 0 aliphatic heterocycles. The monoisotopic (exact) mass is 386 g/mol. The zero-order valence-corrected chi connectivity index (χ0v) is 16.3. The molecule has 0 aliphatic carbocycles. The number of carbonyl (C=O) groups is 1. The number of aromatic carboxylic acids is 1. The number of hydrogen-bond acceptors (Lipinski definition) is 3. The van der Waals surface area contributed by atoms with Crippen molar-refractivity contribution in [2.75, 3.05) is 14.2 Å². The van der Waals surface area contributed by atoms with Crippen LogP contribution in [0.5, 0.6) is 11.5 Å². The van der Waals surface area contributed by atoms with Gasteiger partial charge >= 0.3 is 5.97 Å². The summed E-state index contributed by atoms with van der Waals surface area (Å²) in [5.74, 6) is 0.488. The molecule has 0 radical (unpaired) electrons. The fourth-order valence-corrected chi connectivity index (χ4v) is 2.80. The molecule has 0 fully saturated rings. The zero-order valence-electron chi connectivity index (χ0n) is 16.3. The van der Waals surface area contributed by atoms with E-state index in [0.717, 1.165) is 22.3 Å². The first-order valence-electron chi connectivity index (χ1n) is 9.10. The molecule has 3 aromatic rings. The van der Waals surface area contributed by atoms with Gasteiger partial charge in [0.15, 0.2) is 11.5 Å². The van der Waals surface area contributed by atoms with Crippen LogP contribution in [-0.2, 0) is 0 Å². The molecule has 0 amide bonds. The highest BCUT2D eigenvalue weighted by atomic mass is 16.5. The van der Waals surface area contributed by atoms with Gasteiger partial charge in [0.1, 0.15) is 0 Å². The molecular weight excluding hydrogens is 364 g/mol. The lowest BCUT2D eigenvalue weighted by atomic mass is 10.1. The minimum absolute atomic E-state index is 0.285. The van der Waals surface area contributed by atoms with E-state index in [2.05, 4.69) is 0 Å². The fourth-order valence-electron chi connectivity index (χ4n) is 2.80. The van der Waals surface area contributed by atoms with Crippen LogP contribution in [0.1, 0.15) is 32.6 Å². The van der Waals surface area contributed by atoms with E-state index in [9.17, 15) is 4.79 Å². The number of ether oxygens (including phenoxy) is 2. The van der Waals surface area contributed by atoms with Crippen molar-refractivity contribution >= 4 is 30.3 Å². The van der Waals surface area contributed by atoms with Crippen molar-refractivity contribution in [2.24, 2.45) is 0 Å². The molecule has 4 nitrogen and oxygen atoms in total. The summed E-state index contributed by atoms with van der Waals surface area (Å²) in [4.78, 5) is 10.9. The van der Waals surface area contributed by atoms with Crippen molar-refractivity contribution in [1.82, 2.24) is 0 Å². The van der Waals surface area contributed by atoms with Crippen LogP contribution in [0.15, 0.2) is 66.7 Å². The molecule has 29 heavy (non-hydrogen) atoms. The lowest BCUT2D eigenvalue weighted by Crippen LogP contribution is -1.94. The minimum atomic E-state index is -0.919. The van der Waals surface area contributed by atoms with Gasteiger partial charge in [-0.25, -0.2) is 4.79 Å². The molecular formula is C25H22O4. The van der Waals surface area contributed by atoms with Crippen molar-refractivity contribution in [3.8, 4) is 11.5 Å². The predicted molar refractivity (Wildman–Crippen MR) is 117 cm³/mol. The SMILES string of the molecule is COc1ccc(C=Cc2ccc(C=Cc3ccc(C(=O)O)cc3)cc2)cc1OC. The third kappa shape index (κ3) is 5.36. The number of rotatable bonds is 7. The molecule has 0 bridgehead atoms. The van der Waals surface area contributed by atoms with Crippen LogP contribution in [0.4, 0.5) is 0 Å². The van der Waals surface area contributed by atoms with Gasteiger partial charge in [0, 0.05) is 0 Å². The topological polar surface area (TPSA) is 55.8 Å². The van der Waals surface area contributed by atoms with Crippen LogP contribution in [0.25, 0.3) is 24.3 Å². The lowest BCUT2D eigenvalue weighted by Gasteiger charge is -2.07. The summed E-state index contributed by atoms with van der Waals surface area (Å²) in [6.07, 6.45) is 8.02. The van der Waals surface area contributed by atoms with Crippen LogP contribution in [0, 0.1) is 0 Å². The summed E-state index contributed by atoms with van der Waals surface area (Å²) in [6, 6.07) is 20.7. The van der Waals surface area contributed by atoms with E-state index in [4.69, 9.17) is 14.6 Å². The largest absolute Gasteiger partial charge is 0.493 e. The molecule has 0 heterocycles. The van der Waals surface area contributed by atoms with E-state index in [-0.39, 0.29) is 5.56 Å². The molecule has 0 spiro atoms. The standard InChI is InChI=1S/C25H22O4/c1-28-23-16-13-21(17-24(23)29-2)10-9-19-5-3-18(4-6-19)7-8-20-11-14-22(15-12-20)25(26)27/h3-17H,1-2H3,(H,26,27). The highest BCUT2D eigenvalue weighted by Crippen LogP contribution is 2.28. The highest BCUT2D eigenvalue weighted by Gasteiger charge is 2.02. The molecule has 4 heteroatoms. The normalized spacial score (nSPS) is 11.1. The van der Waals surface area contributed by atoms with Crippen molar-refractivity contribution in [2.45, 2.75) is 0 Å². The highest BCUT2D eigenvalue weighted by molar-refractivity contribution is 5.88. The molecule has 0 saturated heterocycles. The van der Waals surface area contributed by atoms with E-state index < -0.39 is 5.97 Å². The van der Waals surface area contributed by atoms with Gasteiger partial charge in [0.25, 0.3) is 0 Å². The Morgan fingerprint density at radius 1 is 0.655 bits per heavy atom. The Bertz CT molecular complexity index is 1030. The van der Waals surface area contributed by atoms with Crippen LogP contribution in [0.3, 0.4) is 0 Å². The second-order valence-corrected chi connectivity index (χ2v) is 6.37. The molecule has 3 aromatic carbocycles. The molecule has 0 aliphatic rings. The molecule has 1 N–H and O–H groups in total. The second kappa shape index (κ2) is 9.42. The molecule has 0 atom stereocenters. The van der Waals surface area contributed by atoms with E-state index in [1.165, 1.54) is 0 Å². The lowest BCUT2D eigenvalue weighted by molar-refractivity contribution is 0.0697. The second-order valence-electron chi connectivity index (χ2n) is 6.37. The van der Waals surface area contributed by atoms with E-state index in [0.29, 0.717) is 11.5 Å². The average molecular weight is 386 g/mol. The van der Waals surface area contributed by atoms with Gasteiger partial charge < -0.3 is 14.6 Å². The van der Waals surface area contributed by atoms with Crippen LogP contribution < -0.4 is 9.47 Å². The van der Waals surface area contributed by atoms with Gasteiger partial charge in [-0.05, 0) is 46.5 Å². The number of carboxylic acid groups (broad SMARTS) is 1. The minimum Gasteiger partial charge on any atom is -0.493 e. The van der Waals surface area contributed by atoms with Crippen molar-refractivity contribution < 1.29 is 19.4 Å². The Hall–Kier alpha value is -3.79. The van der Waals surface area contributed by atoms with Gasteiger partial charge in [0.05, 0.1) is 19.8 Å². The summed E-state index contributed by atoms with van der Waals surface area (Å²) < 4.78 is 10.6. The third-order valence-corrected chi connectivity index (χ3v) is 4.44. The Labute approximate surface area is 170 Å². The average Bonchev–Trinajstić information content (AvgIpc) is 2.77. The van der Waals surface area contributed by atoms with Crippen molar-refractivity contribution in [1.29, 1.82) is 0 Å². The Kier molecular flexibility index (Phi) is 6.48. The first kappa shape index (κ1) is 20.0. The zero-order chi connectivity index (χ0) is 20.6. The van der Waals surface area contributed by atoms with Crippen LogP contribution >= 0.6 is 0 Å². The Balaban J connectivity index is 1.67. The van der Waals surface area contributed by atoms with Crippen molar-refractivity contribution in [3.05, 3.63) is 94.5 Å². The summed E-state index contributed by atoms with van der Waals surface area (Å²) in [7, 11) is 3.24. The quantitative estimate of drug-likeness (QED) is 0.526. The Morgan fingerprint density at radius 3 is 1.52 bits per heavy atom. The maximum atomic E-state index is 10.9. The molecule has 0 aromatic heterocycles. The molecule has 0 unspecified atom stereocenters. The third-order valence-electron chi connectivity index (χ3n) is 4.44. The van der Waals surface area contributed by atoms with E-state index in [1.807, 2.05) is 66.8 Å². The predicted octanol–water partition coefficient (Wildman–Crippen LogP) is 5.74.